The number of nitriles is 1. The second kappa shape index (κ2) is 3.51. The van der Waals surface area contributed by atoms with Crippen molar-refractivity contribution in [2.75, 3.05) is 0 Å². The van der Waals surface area contributed by atoms with Gasteiger partial charge in [0.25, 0.3) is 5.69 Å². The number of nitro groups is 1. The Morgan fingerprint density at radius 1 is 1.56 bits per heavy atom. The van der Waals surface area contributed by atoms with Crippen molar-refractivity contribution in [3.05, 3.63) is 38.4 Å². The number of nitrogens with one attached hydrogen (secondary N) is 1. The van der Waals surface area contributed by atoms with E-state index in [0.29, 0.717) is 0 Å². The van der Waals surface area contributed by atoms with Gasteiger partial charge in [0.1, 0.15) is 0 Å². The van der Waals surface area contributed by atoms with Gasteiger partial charge < -0.3 is 4.42 Å². The number of H-pyrrole nitrogens is 1. The molecule has 1 aromatic carbocycles. The van der Waals surface area contributed by atoms with Crippen LogP contribution in [0.15, 0.2) is 21.3 Å². The molecule has 2 rings (SSSR count). The molecular weight excluding hydrogens is 214 g/mol. The van der Waals surface area contributed by atoms with Crippen LogP contribution in [0.1, 0.15) is 5.56 Å². The molecule has 0 unspecified atom stereocenters. The molecule has 0 fully saturated rings. The molecule has 7 heteroatoms. The fourth-order valence-electron chi connectivity index (χ4n) is 1.49. The third kappa shape index (κ3) is 1.42. The van der Waals surface area contributed by atoms with Crippen LogP contribution in [0.4, 0.5) is 5.69 Å². The van der Waals surface area contributed by atoms with Crippen molar-refractivity contribution in [3.8, 4) is 6.07 Å². The molecule has 2 aromatic rings. The number of nitro benzene ring substituents is 1. The van der Waals surface area contributed by atoms with Crippen molar-refractivity contribution in [2.24, 2.45) is 0 Å². The number of aromatic nitrogens is 1. The number of hydrogen-bond donors (Lipinski definition) is 1. The normalized spacial score (nSPS) is 10.2. The maximum absolute atomic E-state index is 11.0. The molecule has 0 atom stereocenters. The maximum atomic E-state index is 11.0. The summed E-state index contributed by atoms with van der Waals surface area (Å²) in [6.07, 6.45) is -0.164. The lowest BCUT2D eigenvalue weighted by molar-refractivity contribution is -0.385. The summed E-state index contributed by atoms with van der Waals surface area (Å²) in [4.78, 5) is 23.4. The Hall–Kier alpha value is -2.62. The van der Waals surface area contributed by atoms with Gasteiger partial charge in [-0.2, -0.15) is 5.26 Å². The van der Waals surface area contributed by atoms with Crippen LogP contribution < -0.4 is 5.76 Å². The molecule has 0 saturated heterocycles. The molecule has 1 aromatic heterocycles. The number of rotatable bonds is 2. The molecule has 80 valence electrons. The molecule has 7 nitrogen and oxygen atoms in total. The standard InChI is InChI=1S/C9H5N3O4/c10-4-3-5-6(12(14)15)1-2-7-8(5)11-9(13)16-7/h1-2H,3H2,(H,11,13). The van der Waals surface area contributed by atoms with E-state index in [1.54, 1.807) is 0 Å². The van der Waals surface area contributed by atoms with E-state index >= 15 is 0 Å². The molecule has 0 radical (unpaired) electrons. The molecule has 0 saturated carbocycles. The highest BCUT2D eigenvalue weighted by molar-refractivity contribution is 5.80. The van der Waals surface area contributed by atoms with E-state index in [0.717, 1.165) is 0 Å². The smallest absolute Gasteiger partial charge is 0.408 e. The number of benzene rings is 1. The number of oxazole rings is 1. The first kappa shape index (κ1) is 9.92. The first-order valence-electron chi connectivity index (χ1n) is 4.29. The van der Waals surface area contributed by atoms with Crippen molar-refractivity contribution >= 4 is 16.8 Å². The lowest BCUT2D eigenvalue weighted by Crippen LogP contribution is -1.98. The quantitative estimate of drug-likeness (QED) is 0.600. The predicted molar refractivity (Wildman–Crippen MR) is 52.8 cm³/mol. The lowest BCUT2D eigenvalue weighted by atomic mass is 10.1. The van der Waals surface area contributed by atoms with E-state index < -0.39 is 10.7 Å². The molecule has 0 aliphatic carbocycles. The maximum Gasteiger partial charge on any atom is 0.417 e. The minimum atomic E-state index is -0.699. The Morgan fingerprint density at radius 2 is 2.31 bits per heavy atom. The molecule has 16 heavy (non-hydrogen) atoms. The first-order chi connectivity index (χ1) is 7.63. The monoisotopic (exact) mass is 219 g/mol. The van der Waals surface area contributed by atoms with Gasteiger partial charge in [0.05, 0.1) is 28.5 Å². The third-order valence-corrected chi connectivity index (χ3v) is 2.13. The Morgan fingerprint density at radius 3 is 2.94 bits per heavy atom. The van der Waals surface area contributed by atoms with Crippen molar-refractivity contribution < 1.29 is 9.34 Å². The summed E-state index contributed by atoms with van der Waals surface area (Å²) in [6.45, 7) is 0. The van der Waals surface area contributed by atoms with E-state index in [-0.39, 0.29) is 28.8 Å². The SMILES string of the molecule is N#CCc1c([N+](=O)[O-])ccc2oc(=O)[nH]c12. The topological polar surface area (TPSA) is 113 Å². The minimum Gasteiger partial charge on any atom is -0.408 e. The van der Waals surface area contributed by atoms with Crippen molar-refractivity contribution in [2.45, 2.75) is 6.42 Å². The van der Waals surface area contributed by atoms with Gasteiger partial charge in [-0.1, -0.05) is 0 Å². The second-order valence-electron chi connectivity index (χ2n) is 3.04. The van der Waals surface area contributed by atoms with Gasteiger partial charge in [-0.3, -0.25) is 15.1 Å². The summed E-state index contributed by atoms with van der Waals surface area (Å²) < 4.78 is 4.75. The van der Waals surface area contributed by atoms with E-state index in [2.05, 4.69) is 4.98 Å². The lowest BCUT2D eigenvalue weighted by Gasteiger charge is -1.98. The average Bonchev–Trinajstić information content (AvgIpc) is 2.59. The fraction of sp³-hybridized carbons (Fsp3) is 0.111. The van der Waals surface area contributed by atoms with Crippen LogP contribution in [0.3, 0.4) is 0 Å². The van der Waals surface area contributed by atoms with Gasteiger partial charge in [-0.05, 0) is 6.07 Å². The largest absolute Gasteiger partial charge is 0.417 e. The van der Waals surface area contributed by atoms with E-state index in [1.807, 2.05) is 6.07 Å². The number of hydrogen-bond acceptors (Lipinski definition) is 5. The molecule has 1 heterocycles. The Balaban J connectivity index is 2.84. The summed E-state index contributed by atoms with van der Waals surface area (Å²) in [5, 5.41) is 19.3. The second-order valence-corrected chi connectivity index (χ2v) is 3.04. The van der Waals surface area contributed by atoms with Gasteiger partial charge >= 0.3 is 5.76 Å². The van der Waals surface area contributed by atoms with Crippen LogP contribution in [0.2, 0.25) is 0 Å². The van der Waals surface area contributed by atoms with Crippen molar-refractivity contribution in [1.82, 2.24) is 4.98 Å². The van der Waals surface area contributed by atoms with E-state index in [4.69, 9.17) is 9.68 Å². The average molecular weight is 219 g/mol. The molecule has 0 amide bonds. The van der Waals surface area contributed by atoms with Crippen molar-refractivity contribution in [3.63, 3.8) is 0 Å². The van der Waals surface area contributed by atoms with Crippen LogP contribution in [-0.2, 0) is 6.42 Å². The summed E-state index contributed by atoms with van der Waals surface area (Å²) in [5.41, 5.74) is 0.378. The van der Waals surface area contributed by atoms with Crippen LogP contribution in [0.5, 0.6) is 0 Å². The van der Waals surface area contributed by atoms with Crippen molar-refractivity contribution in [1.29, 1.82) is 5.26 Å². The number of nitrogens with zero attached hydrogens (tertiary/aromatic N) is 2. The highest BCUT2D eigenvalue weighted by Gasteiger charge is 2.19. The third-order valence-electron chi connectivity index (χ3n) is 2.13. The van der Waals surface area contributed by atoms with Gasteiger partial charge in [-0.15, -0.1) is 0 Å². The zero-order valence-electron chi connectivity index (χ0n) is 7.89. The molecule has 0 aliphatic heterocycles. The van der Waals surface area contributed by atoms with Gasteiger partial charge in [0, 0.05) is 6.07 Å². The summed E-state index contributed by atoms with van der Waals surface area (Å²) in [5.74, 6) is -0.699. The van der Waals surface area contributed by atoms with Gasteiger partial charge in [0.15, 0.2) is 5.58 Å². The zero-order chi connectivity index (χ0) is 11.7. The van der Waals surface area contributed by atoms with Crippen LogP contribution in [0.25, 0.3) is 11.1 Å². The summed E-state index contributed by atoms with van der Waals surface area (Å²) in [7, 11) is 0. The van der Waals surface area contributed by atoms with Crippen LogP contribution in [0, 0.1) is 21.4 Å². The van der Waals surface area contributed by atoms with E-state index in [9.17, 15) is 14.9 Å². The van der Waals surface area contributed by atoms with Gasteiger partial charge in [-0.25, -0.2) is 4.79 Å². The molecular formula is C9H5N3O4. The van der Waals surface area contributed by atoms with E-state index in [1.165, 1.54) is 12.1 Å². The summed E-state index contributed by atoms with van der Waals surface area (Å²) in [6, 6.07) is 4.35. The molecule has 0 aliphatic rings. The highest BCUT2D eigenvalue weighted by atomic mass is 16.6. The van der Waals surface area contributed by atoms with Crippen LogP contribution in [-0.4, -0.2) is 9.91 Å². The highest BCUT2D eigenvalue weighted by Crippen LogP contribution is 2.26. The zero-order valence-corrected chi connectivity index (χ0v) is 7.89. The Labute approximate surface area is 88.1 Å². The minimum absolute atomic E-state index is 0.163. The van der Waals surface area contributed by atoms with Crippen LogP contribution >= 0.6 is 0 Å². The Bertz CT molecular complexity index is 661. The summed E-state index contributed by atoms with van der Waals surface area (Å²) >= 11 is 0. The molecule has 1 N–H and O–H groups in total. The fourth-order valence-corrected chi connectivity index (χ4v) is 1.49. The van der Waals surface area contributed by atoms with Gasteiger partial charge in [0.2, 0.25) is 0 Å². The molecule has 0 bridgehead atoms. The Kier molecular flexibility index (Phi) is 2.17. The molecule has 0 spiro atoms. The number of fused-ring (bicyclic) bond motifs is 1. The number of aromatic amines is 1. The predicted octanol–water partition coefficient (Wildman–Crippen LogP) is 1.10. The first-order valence-corrected chi connectivity index (χ1v) is 4.29.